The van der Waals surface area contributed by atoms with Gasteiger partial charge in [0.05, 0.1) is 6.10 Å². The molecule has 88 valence electrons. The number of nitrogens with one attached hydrogen (secondary N) is 1. The van der Waals surface area contributed by atoms with E-state index in [2.05, 4.69) is 29.4 Å². The quantitative estimate of drug-likeness (QED) is 0.806. The first-order valence-corrected chi connectivity index (χ1v) is 5.42. The molecule has 1 heterocycles. The molecule has 0 bridgehead atoms. The van der Waals surface area contributed by atoms with Gasteiger partial charge < -0.3 is 15.8 Å². The minimum atomic E-state index is 0.123. The molecule has 5 nitrogen and oxygen atoms in total. The molecule has 5 heteroatoms. The number of nitrogen functional groups attached to an aromatic ring is 1. The summed E-state index contributed by atoms with van der Waals surface area (Å²) in [6.07, 6.45) is 1.31. The van der Waals surface area contributed by atoms with Gasteiger partial charge in [-0.05, 0) is 18.6 Å². The van der Waals surface area contributed by atoms with Crippen LogP contribution >= 0.6 is 0 Å². The first-order chi connectivity index (χ1) is 7.54. The summed E-state index contributed by atoms with van der Waals surface area (Å²) in [5.41, 5.74) is 5.60. The van der Waals surface area contributed by atoms with Crippen LogP contribution in [-0.2, 0) is 4.74 Å². The molecule has 1 saturated carbocycles. The Morgan fingerprint density at radius 1 is 1.44 bits per heavy atom. The van der Waals surface area contributed by atoms with Crippen LogP contribution in [0.2, 0.25) is 0 Å². The monoisotopic (exact) mass is 222 g/mol. The highest BCUT2D eigenvalue weighted by atomic mass is 16.5. The van der Waals surface area contributed by atoms with Gasteiger partial charge in [-0.2, -0.15) is 0 Å². The van der Waals surface area contributed by atoms with Crippen molar-refractivity contribution >= 4 is 11.6 Å². The molecule has 2 atom stereocenters. The number of methoxy groups -OCH3 is 1. The minimum absolute atomic E-state index is 0.123. The molecule has 1 aliphatic rings. The summed E-state index contributed by atoms with van der Waals surface area (Å²) in [7, 11) is 1.76. The maximum Gasteiger partial charge on any atom is 0.149 e. The van der Waals surface area contributed by atoms with Crippen LogP contribution in [0.5, 0.6) is 0 Å². The van der Waals surface area contributed by atoms with Crippen molar-refractivity contribution < 1.29 is 4.74 Å². The first-order valence-electron chi connectivity index (χ1n) is 5.42. The van der Waals surface area contributed by atoms with Crippen LogP contribution in [-0.4, -0.2) is 29.5 Å². The number of hydrogen-bond donors (Lipinski definition) is 2. The lowest BCUT2D eigenvalue weighted by atomic mass is 9.64. The standard InChI is InChI=1S/C11H18N4O/c1-11(2)7(6-8(11)16-3)13-10-5-4-9(12)14-15-10/h4-5,7-8H,6H2,1-3H3,(H2,12,14)(H,13,15). The van der Waals surface area contributed by atoms with E-state index in [9.17, 15) is 0 Å². The summed E-state index contributed by atoms with van der Waals surface area (Å²) in [5.74, 6) is 1.20. The first kappa shape index (κ1) is 11.1. The van der Waals surface area contributed by atoms with Crippen molar-refractivity contribution in [3.63, 3.8) is 0 Å². The zero-order valence-electron chi connectivity index (χ0n) is 9.90. The van der Waals surface area contributed by atoms with E-state index in [4.69, 9.17) is 10.5 Å². The Morgan fingerprint density at radius 3 is 2.69 bits per heavy atom. The van der Waals surface area contributed by atoms with Crippen LogP contribution in [0.3, 0.4) is 0 Å². The highest BCUT2D eigenvalue weighted by Gasteiger charge is 2.48. The number of rotatable bonds is 3. The average molecular weight is 222 g/mol. The van der Waals surface area contributed by atoms with Crippen LogP contribution in [0.15, 0.2) is 12.1 Å². The molecule has 2 rings (SSSR count). The van der Waals surface area contributed by atoms with Gasteiger partial charge >= 0.3 is 0 Å². The van der Waals surface area contributed by atoms with E-state index in [0.29, 0.717) is 18.0 Å². The van der Waals surface area contributed by atoms with Gasteiger partial charge in [-0.15, -0.1) is 10.2 Å². The van der Waals surface area contributed by atoms with E-state index in [0.717, 1.165) is 12.2 Å². The van der Waals surface area contributed by atoms with E-state index in [1.807, 2.05) is 6.07 Å². The lowest BCUT2D eigenvalue weighted by Crippen LogP contribution is -2.57. The molecule has 3 N–H and O–H groups in total. The Morgan fingerprint density at radius 2 is 2.19 bits per heavy atom. The number of hydrogen-bond acceptors (Lipinski definition) is 5. The smallest absolute Gasteiger partial charge is 0.149 e. The minimum Gasteiger partial charge on any atom is -0.382 e. The van der Waals surface area contributed by atoms with Crippen molar-refractivity contribution in [1.82, 2.24) is 10.2 Å². The summed E-state index contributed by atoms with van der Waals surface area (Å²) in [6, 6.07) is 3.96. The summed E-state index contributed by atoms with van der Waals surface area (Å²) in [4.78, 5) is 0. The van der Waals surface area contributed by atoms with Crippen molar-refractivity contribution in [3.8, 4) is 0 Å². The lowest BCUT2D eigenvalue weighted by molar-refractivity contribution is -0.0795. The van der Waals surface area contributed by atoms with Crippen molar-refractivity contribution in [2.75, 3.05) is 18.2 Å². The molecule has 0 spiro atoms. The maximum absolute atomic E-state index is 5.48. The molecule has 0 aromatic carbocycles. The van der Waals surface area contributed by atoms with Gasteiger partial charge in [0.1, 0.15) is 11.6 Å². The lowest BCUT2D eigenvalue weighted by Gasteiger charge is -2.51. The summed E-state index contributed by atoms with van der Waals surface area (Å²) in [6.45, 7) is 4.38. The molecule has 0 radical (unpaired) electrons. The zero-order valence-corrected chi connectivity index (χ0v) is 9.90. The van der Waals surface area contributed by atoms with Crippen molar-refractivity contribution in [2.45, 2.75) is 32.4 Å². The topological polar surface area (TPSA) is 73.1 Å². The molecule has 0 aliphatic heterocycles. The van der Waals surface area contributed by atoms with Crippen LogP contribution in [0.4, 0.5) is 11.6 Å². The van der Waals surface area contributed by atoms with E-state index in [1.54, 1.807) is 13.2 Å². The van der Waals surface area contributed by atoms with Crippen molar-refractivity contribution in [3.05, 3.63) is 12.1 Å². The Hall–Kier alpha value is -1.36. The highest BCUT2D eigenvalue weighted by molar-refractivity contribution is 5.40. The molecule has 1 aromatic rings. The summed E-state index contributed by atoms with van der Waals surface area (Å²) in [5, 5.41) is 11.2. The number of anilines is 2. The van der Waals surface area contributed by atoms with Gasteiger partial charge in [-0.1, -0.05) is 13.8 Å². The molecule has 1 fully saturated rings. The predicted molar refractivity (Wildman–Crippen MR) is 63.1 cm³/mol. The van der Waals surface area contributed by atoms with Gasteiger partial charge in [0.15, 0.2) is 0 Å². The fourth-order valence-electron chi connectivity index (χ4n) is 2.13. The second kappa shape index (κ2) is 3.90. The molecule has 2 unspecified atom stereocenters. The van der Waals surface area contributed by atoms with Crippen LogP contribution in [0.1, 0.15) is 20.3 Å². The van der Waals surface area contributed by atoms with E-state index in [-0.39, 0.29) is 5.41 Å². The molecule has 16 heavy (non-hydrogen) atoms. The molecular weight excluding hydrogens is 204 g/mol. The number of aromatic nitrogens is 2. The zero-order chi connectivity index (χ0) is 11.8. The van der Waals surface area contributed by atoms with E-state index in [1.165, 1.54) is 0 Å². The third-order valence-corrected chi connectivity index (χ3v) is 3.47. The number of ether oxygens (including phenoxy) is 1. The Labute approximate surface area is 95.4 Å². The number of nitrogens with zero attached hydrogens (tertiary/aromatic N) is 2. The van der Waals surface area contributed by atoms with Crippen LogP contribution in [0.25, 0.3) is 0 Å². The van der Waals surface area contributed by atoms with E-state index < -0.39 is 0 Å². The summed E-state index contributed by atoms with van der Waals surface area (Å²) < 4.78 is 5.39. The highest BCUT2D eigenvalue weighted by Crippen LogP contribution is 2.43. The molecule has 0 amide bonds. The van der Waals surface area contributed by atoms with Gasteiger partial charge in [0.25, 0.3) is 0 Å². The normalized spacial score (nSPS) is 27.2. The van der Waals surface area contributed by atoms with Crippen molar-refractivity contribution in [1.29, 1.82) is 0 Å². The van der Waals surface area contributed by atoms with E-state index >= 15 is 0 Å². The fraction of sp³-hybridized carbons (Fsp3) is 0.636. The third-order valence-electron chi connectivity index (χ3n) is 3.47. The van der Waals surface area contributed by atoms with Crippen LogP contribution < -0.4 is 11.1 Å². The average Bonchev–Trinajstić information content (AvgIpc) is 2.26. The maximum atomic E-state index is 5.48. The third kappa shape index (κ3) is 1.82. The predicted octanol–water partition coefficient (Wildman–Crippen LogP) is 1.28. The van der Waals surface area contributed by atoms with Crippen LogP contribution in [0, 0.1) is 5.41 Å². The molecule has 1 aromatic heterocycles. The largest absolute Gasteiger partial charge is 0.382 e. The fourth-order valence-corrected chi connectivity index (χ4v) is 2.13. The van der Waals surface area contributed by atoms with Gasteiger partial charge in [0.2, 0.25) is 0 Å². The Balaban J connectivity index is 1.99. The Bertz CT molecular complexity index is 363. The van der Waals surface area contributed by atoms with Gasteiger partial charge in [-0.3, -0.25) is 0 Å². The van der Waals surface area contributed by atoms with Crippen molar-refractivity contribution in [2.24, 2.45) is 5.41 Å². The second-order valence-corrected chi connectivity index (χ2v) is 4.82. The second-order valence-electron chi connectivity index (χ2n) is 4.82. The Kier molecular flexibility index (Phi) is 2.71. The summed E-state index contributed by atoms with van der Waals surface area (Å²) >= 11 is 0. The molecule has 0 saturated heterocycles. The van der Waals surface area contributed by atoms with Gasteiger partial charge in [0, 0.05) is 18.6 Å². The SMILES string of the molecule is COC1CC(Nc2ccc(N)nn2)C1(C)C. The number of nitrogens with two attached hydrogens (primary N) is 1. The van der Waals surface area contributed by atoms with Gasteiger partial charge in [-0.25, -0.2) is 0 Å². The molecular formula is C11H18N4O. The molecule has 1 aliphatic carbocycles.